The number of furan rings is 1. The Hall–Kier alpha value is -3.38. The first-order chi connectivity index (χ1) is 15.1. The minimum atomic E-state index is -0.478. The summed E-state index contributed by atoms with van der Waals surface area (Å²) in [6, 6.07) is 15.5. The molecule has 0 saturated heterocycles. The van der Waals surface area contributed by atoms with Crippen LogP contribution in [0.25, 0.3) is 22.1 Å². The van der Waals surface area contributed by atoms with Crippen LogP contribution in [0.3, 0.4) is 0 Å². The van der Waals surface area contributed by atoms with Crippen molar-refractivity contribution in [1.29, 1.82) is 0 Å². The van der Waals surface area contributed by atoms with Crippen molar-refractivity contribution in [1.82, 2.24) is 0 Å². The third-order valence-electron chi connectivity index (χ3n) is 5.72. The smallest absolute Gasteiger partial charge is 0.341 e. The van der Waals surface area contributed by atoms with Gasteiger partial charge in [0.1, 0.15) is 16.1 Å². The fourth-order valence-electron chi connectivity index (χ4n) is 4.13. The molecule has 1 amide bonds. The molecule has 0 aliphatic heterocycles. The van der Waals surface area contributed by atoms with Crippen LogP contribution in [0.1, 0.15) is 44.9 Å². The zero-order valence-corrected chi connectivity index (χ0v) is 17.9. The number of carbonyl (C=O) groups is 2. The maximum Gasteiger partial charge on any atom is 0.341 e. The molecular weight excluding hydrogens is 410 g/mol. The van der Waals surface area contributed by atoms with Gasteiger partial charge in [0.15, 0.2) is 5.76 Å². The number of ether oxygens (including phenoxy) is 1. The molecule has 1 N–H and O–H groups in total. The third-order valence-corrected chi connectivity index (χ3v) is 6.61. The number of carbonyl (C=O) groups excluding carboxylic acids is 2. The van der Waals surface area contributed by atoms with Gasteiger partial charge in [-0.25, -0.2) is 4.79 Å². The SMILES string of the molecule is COC(=O)c1c(-c2ccc3c(c2)CCCC3)csc1NC(=O)c1cc2ccccc2o1. The zero-order valence-electron chi connectivity index (χ0n) is 17.1. The Morgan fingerprint density at radius 3 is 2.65 bits per heavy atom. The number of benzene rings is 2. The molecule has 0 spiro atoms. The number of methoxy groups -OCH3 is 1. The lowest BCUT2D eigenvalue weighted by Gasteiger charge is -2.16. The fourth-order valence-corrected chi connectivity index (χ4v) is 5.08. The maximum atomic E-state index is 12.8. The summed E-state index contributed by atoms with van der Waals surface area (Å²) in [4.78, 5) is 25.5. The van der Waals surface area contributed by atoms with Gasteiger partial charge in [-0.15, -0.1) is 11.3 Å². The van der Waals surface area contributed by atoms with Gasteiger partial charge in [0.25, 0.3) is 5.91 Å². The molecule has 5 nitrogen and oxygen atoms in total. The van der Waals surface area contributed by atoms with E-state index < -0.39 is 11.9 Å². The van der Waals surface area contributed by atoms with Crippen LogP contribution in [0.2, 0.25) is 0 Å². The highest BCUT2D eigenvalue weighted by molar-refractivity contribution is 7.15. The Morgan fingerprint density at radius 2 is 1.84 bits per heavy atom. The molecule has 0 fully saturated rings. The third kappa shape index (κ3) is 3.64. The molecule has 31 heavy (non-hydrogen) atoms. The molecule has 0 bridgehead atoms. The monoisotopic (exact) mass is 431 g/mol. The lowest BCUT2D eigenvalue weighted by atomic mass is 9.89. The van der Waals surface area contributed by atoms with Crippen LogP contribution < -0.4 is 5.32 Å². The van der Waals surface area contributed by atoms with Crippen LogP contribution in [0, 0.1) is 0 Å². The molecule has 156 valence electrons. The van der Waals surface area contributed by atoms with Crippen LogP contribution in [0.4, 0.5) is 5.00 Å². The molecule has 2 aromatic carbocycles. The Labute approximate surface area is 183 Å². The van der Waals surface area contributed by atoms with Crippen LogP contribution in [-0.2, 0) is 17.6 Å². The number of anilines is 1. The van der Waals surface area contributed by atoms with Crippen molar-refractivity contribution in [2.24, 2.45) is 0 Å². The number of rotatable bonds is 4. The fraction of sp³-hybridized carbons (Fsp3) is 0.200. The minimum Gasteiger partial charge on any atom is -0.465 e. The minimum absolute atomic E-state index is 0.195. The maximum absolute atomic E-state index is 12.8. The second-order valence-electron chi connectivity index (χ2n) is 7.64. The molecule has 1 aliphatic carbocycles. The summed E-state index contributed by atoms with van der Waals surface area (Å²) in [6.45, 7) is 0. The summed E-state index contributed by atoms with van der Waals surface area (Å²) in [6.07, 6.45) is 4.55. The lowest BCUT2D eigenvalue weighted by molar-refractivity contribution is 0.0603. The highest BCUT2D eigenvalue weighted by Gasteiger charge is 2.24. The van der Waals surface area contributed by atoms with Crippen molar-refractivity contribution < 1.29 is 18.7 Å². The standard InChI is InChI=1S/C25H21NO4S/c1-29-25(28)22-19(17-11-10-15-6-2-3-7-16(15)12-17)14-31-24(22)26-23(27)21-13-18-8-4-5-9-20(18)30-21/h4-5,8-14H,2-3,6-7H2,1H3,(H,26,27). The van der Waals surface area contributed by atoms with Crippen molar-refractivity contribution >= 4 is 39.2 Å². The summed E-state index contributed by atoms with van der Waals surface area (Å²) < 4.78 is 10.7. The summed E-state index contributed by atoms with van der Waals surface area (Å²) in [5, 5.41) is 6.03. The van der Waals surface area contributed by atoms with E-state index in [2.05, 4.69) is 17.4 Å². The molecule has 0 saturated carbocycles. The van der Waals surface area contributed by atoms with Gasteiger partial charge in [0, 0.05) is 16.3 Å². The van der Waals surface area contributed by atoms with E-state index in [1.807, 2.05) is 35.7 Å². The molecule has 2 aromatic heterocycles. The molecule has 0 unspecified atom stereocenters. The Kier molecular flexibility index (Phi) is 5.08. The molecule has 1 aliphatic rings. The van der Waals surface area contributed by atoms with E-state index in [1.54, 1.807) is 6.07 Å². The first-order valence-electron chi connectivity index (χ1n) is 10.3. The number of nitrogens with one attached hydrogen (secondary N) is 1. The van der Waals surface area contributed by atoms with E-state index in [-0.39, 0.29) is 5.76 Å². The van der Waals surface area contributed by atoms with Crippen molar-refractivity contribution in [3.05, 3.63) is 76.4 Å². The predicted octanol–water partition coefficient (Wildman–Crippen LogP) is 6.08. The number of hydrogen-bond acceptors (Lipinski definition) is 5. The summed E-state index contributed by atoms with van der Waals surface area (Å²) in [5.41, 5.74) is 5.45. The van der Waals surface area contributed by atoms with Crippen LogP contribution in [-0.4, -0.2) is 19.0 Å². The van der Waals surface area contributed by atoms with Gasteiger partial charge < -0.3 is 14.5 Å². The van der Waals surface area contributed by atoms with Gasteiger partial charge in [0.2, 0.25) is 0 Å². The van der Waals surface area contributed by atoms with Gasteiger partial charge in [-0.1, -0.05) is 36.4 Å². The topological polar surface area (TPSA) is 68.5 Å². The summed E-state index contributed by atoms with van der Waals surface area (Å²) in [5.74, 6) is -0.685. The van der Waals surface area contributed by atoms with E-state index >= 15 is 0 Å². The van der Waals surface area contributed by atoms with Gasteiger partial charge in [0.05, 0.1) is 7.11 Å². The number of fused-ring (bicyclic) bond motifs is 2. The van der Waals surface area contributed by atoms with E-state index in [1.165, 1.54) is 42.4 Å². The van der Waals surface area contributed by atoms with Crippen molar-refractivity contribution in [3.8, 4) is 11.1 Å². The number of thiophene rings is 1. The second-order valence-corrected chi connectivity index (χ2v) is 8.52. The van der Waals surface area contributed by atoms with Gasteiger partial charge >= 0.3 is 5.97 Å². The quantitative estimate of drug-likeness (QED) is 0.398. The van der Waals surface area contributed by atoms with E-state index in [9.17, 15) is 9.59 Å². The highest BCUT2D eigenvalue weighted by atomic mass is 32.1. The molecule has 0 atom stereocenters. The number of para-hydroxylation sites is 1. The average molecular weight is 432 g/mol. The highest BCUT2D eigenvalue weighted by Crippen LogP contribution is 2.38. The summed E-state index contributed by atoms with van der Waals surface area (Å²) in [7, 11) is 1.35. The number of amides is 1. The zero-order chi connectivity index (χ0) is 21.4. The number of hydrogen-bond donors (Lipinski definition) is 1. The first kappa shape index (κ1) is 19.6. The van der Waals surface area contributed by atoms with Crippen LogP contribution in [0.15, 0.2) is 58.3 Å². The van der Waals surface area contributed by atoms with Crippen molar-refractivity contribution in [3.63, 3.8) is 0 Å². The molecule has 6 heteroatoms. The molecule has 5 rings (SSSR count). The number of aryl methyl sites for hydroxylation is 2. The molecular formula is C25H21NO4S. The van der Waals surface area contributed by atoms with Crippen molar-refractivity contribution in [2.45, 2.75) is 25.7 Å². The Bertz CT molecular complexity index is 1270. The summed E-state index contributed by atoms with van der Waals surface area (Å²) >= 11 is 1.31. The predicted molar refractivity (Wildman–Crippen MR) is 122 cm³/mol. The molecule has 0 radical (unpaired) electrons. The lowest BCUT2D eigenvalue weighted by Crippen LogP contribution is -2.13. The second kappa shape index (κ2) is 8.04. The van der Waals surface area contributed by atoms with Gasteiger partial charge in [-0.2, -0.15) is 0 Å². The van der Waals surface area contributed by atoms with Crippen LogP contribution >= 0.6 is 11.3 Å². The Morgan fingerprint density at radius 1 is 1.03 bits per heavy atom. The van der Waals surface area contributed by atoms with E-state index in [0.29, 0.717) is 16.1 Å². The van der Waals surface area contributed by atoms with E-state index in [4.69, 9.17) is 9.15 Å². The number of esters is 1. The molecule has 4 aromatic rings. The van der Waals surface area contributed by atoms with Crippen molar-refractivity contribution in [2.75, 3.05) is 12.4 Å². The first-order valence-corrected chi connectivity index (χ1v) is 11.1. The average Bonchev–Trinajstić information content (AvgIpc) is 3.42. The van der Waals surface area contributed by atoms with Gasteiger partial charge in [-0.05, 0) is 54.5 Å². The Balaban J connectivity index is 1.50. The van der Waals surface area contributed by atoms with E-state index in [0.717, 1.165) is 29.4 Å². The normalized spacial score (nSPS) is 13.1. The van der Waals surface area contributed by atoms with Crippen LogP contribution in [0.5, 0.6) is 0 Å². The largest absolute Gasteiger partial charge is 0.465 e. The molecule has 2 heterocycles. The van der Waals surface area contributed by atoms with Gasteiger partial charge in [-0.3, -0.25) is 4.79 Å².